The van der Waals surface area contributed by atoms with Crippen LogP contribution in [0.25, 0.3) is 21.5 Å². The van der Waals surface area contributed by atoms with Gasteiger partial charge < -0.3 is 10.6 Å². The summed E-state index contributed by atoms with van der Waals surface area (Å²) in [7, 11) is 0. The van der Waals surface area contributed by atoms with Gasteiger partial charge in [0.15, 0.2) is 0 Å². The van der Waals surface area contributed by atoms with E-state index in [-0.39, 0.29) is 11.4 Å². The van der Waals surface area contributed by atoms with Gasteiger partial charge in [-0.1, -0.05) is 78.9 Å². The number of nitrogens with one attached hydrogen (secondary N) is 2. The minimum absolute atomic E-state index is 0.0169. The van der Waals surface area contributed by atoms with Gasteiger partial charge in [0, 0.05) is 41.3 Å². The molecule has 0 bridgehead atoms. The number of hydrogen-bond donors (Lipinski definition) is 2. The predicted molar refractivity (Wildman–Crippen MR) is 139 cm³/mol. The van der Waals surface area contributed by atoms with E-state index in [0.29, 0.717) is 12.8 Å². The first-order valence-electron chi connectivity index (χ1n) is 11.4. The van der Waals surface area contributed by atoms with E-state index in [4.69, 9.17) is 4.99 Å². The maximum Gasteiger partial charge on any atom is 0.224 e. The molecular weight excluding hydrogens is 406 g/mol. The Morgan fingerprint density at radius 3 is 2.09 bits per heavy atom. The molecule has 2 N–H and O–H groups in total. The Balaban J connectivity index is 1.21. The third kappa shape index (κ3) is 4.65. The normalized spacial score (nSPS) is 17.0. The monoisotopic (exact) mass is 433 g/mol. The maximum absolute atomic E-state index is 12.8. The van der Waals surface area contributed by atoms with Crippen LogP contribution >= 0.6 is 0 Å². The zero-order valence-corrected chi connectivity index (χ0v) is 18.5. The van der Waals surface area contributed by atoms with Crippen molar-refractivity contribution in [1.82, 2.24) is 0 Å². The molecule has 0 fully saturated rings. The van der Waals surface area contributed by atoms with Crippen molar-refractivity contribution in [2.75, 3.05) is 17.2 Å². The van der Waals surface area contributed by atoms with Crippen molar-refractivity contribution in [3.8, 4) is 0 Å². The van der Waals surface area contributed by atoms with Crippen LogP contribution in [0.1, 0.15) is 19.3 Å². The molecular formula is C29H27N3O. The second-order valence-corrected chi connectivity index (χ2v) is 8.52. The van der Waals surface area contributed by atoms with E-state index in [1.807, 2.05) is 42.6 Å². The van der Waals surface area contributed by atoms with E-state index in [1.165, 1.54) is 10.8 Å². The number of amides is 1. The minimum atomic E-state index is -0.340. The van der Waals surface area contributed by atoms with Gasteiger partial charge in [0.2, 0.25) is 5.91 Å². The summed E-state index contributed by atoms with van der Waals surface area (Å²) in [4.78, 5) is 17.5. The molecule has 0 radical (unpaired) electrons. The summed E-state index contributed by atoms with van der Waals surface area (Å²) in [5, 5.41) is 11.3. The number of rotatable bonds is 8. The quantitative estimate of drug-likeness (QED) is 0.329. The first kappa shape index (κ1) is 21.0. The Morgan fingerprint density at radius 1 is 0.758 bits per heavy atom. The van der Waals surface area contributed by atoms with Crippen molar-refractivity contribution >= 4 is 45.0 Å². The second kappa shape index (κ2) is 9.29. The molecule has 1 heterocycles. The molecule has 1 aliphatic rings. The van der Waals surface area contributed by atoms with Crippen LogP contribution in [-0.4, -0.2) is 24.2 Å². The van der Waals surface area contributed by atoms with Crippen LogP contribution in [-0.2, 0) is 4.79 Å². The Labute approximate surface area is 194 Å². The lowest BCUT2D eigenvalue weighted by Crippen LogP contribution is -2.27. The number of carbonyl (C=O) groups is 1. The third-order valence-corrected chi connectivity index (χ3v) is 6.34. The van der Waals surface area contributed by atoms with Crippen LogP contribution in [0.4, 0.5) is 11.4 Å². The van der Waals surface area contributed by atoms with Crippen molar-refractivity contribution in [3.63, 3.8) is 0 Å². The first-order valence-corrected chi connectivity index (χ1v) is 11.4. The summed E-state index contributed by atoms with van der Waals surface area (Å²) < 4.78 is 0. The molecule has 1 unspecified atom stereocenters. The van der Waals surface area contributed by atoms with Gasteiger partial charge in [0.25, 0.3) is 0 Å². The first-order chi connectivity index (χ1) is 16.2. The molecule has 1 amide bonds. The fraction of sp³-hybridized carbons (Fsp3) is 0.172. The molecule has 4 aromatic rings. The second-order valence-electron chi connectivity index (χ2n) is 8.52. The standard InChI is InChI=1S/C29H27N3O/c33-28(32-27-15-6-11-23-9-2-4-13-25(23)27)16-18-29(17-7-20-31-29)19-21-30-26-14-5-10-22-8-1-3-12-24(22)26/h1-15,17,20,30H,16,18-19,21H2,(H,32,33). The van der Waals surface area contributed by atoms with E-state index < -0.39 is 0 Å². The van der Waals surface area contributed by atoms with Crippen LogP contribution in [0, 0.1) is 0 Å². The highest BCUT2D eigenvalue weighted by Gasteiger charge is 2.28. The van der Waals surface area contributed by atoms with Gasteiger partial charge in [-0.05, 0) is 41.8 Å². The number of benzene rings is 4. The Morgan fingerprint density at radius 2 is 1.39 bits per heavy atom. The largest absolute Gasteiger partial charge is 0.384 e. The Bertz CT molecular complexity index is 1330. The maximum atomic E-state index is 12.8. The van der Waals surface area contributed by atoms with E-state index >= 15 is 0 Å². The molecule has 1 atom stereocenters. The third-order valence-electron chi connectivity index (χ3n) is 6.34. The average molecular weight is 434 g/mol. The molecule has 0 saturated carbocycles. The number of nitrogens with zero attached hydrogens (tertiary/aromatic N) is 1. The van der Waals surface area contributed by atoms with Gasteiger partial charge >= 0.3 is 0 Å². The number of anilines is 2. The molecule has 164 valence electrons. The smallest absolute Gasteiger partial charge is 0.224 e. The summed E-state index contributed by atoms with van der Waals surface area (Å²) in [6.45, 7) is 0.778. The molecule has 0 spiro atoms. The summed E-state index contributed by atoms with van der Waals surface area (Å²) in [6.07, 6.45) is 7.88. The van der Waals surface area contributed by atoms with Crippen molar-refractivity contribution in [1.29, 1.82) is 0 Å². The highest BCUT2D eigenvalue weighted by Crippen LogP contribution is 2.30. The number of aliphatic imine (C=N–C) groups is 1. The van der Waals surface area contributed by atoms with Crippen molar-refractivity contribution < 1.29 is 4.79 Å². The molecule has 5 rings (SSSR count). The van der Waals surface area contributed by atoms with Gasteiger partial charge in [0.05, 0.1) is 5.54 Å². The lowest BCUT2D eigenvalue weighted by atomic mass is 9.90. The number of hydrogen-bond acceptors (Lipinski definition) is 3. The summed E-state index contributed by atoms with van der Waals surface area (Å²) >= 11 is 0. The summed E-state index contributed by atoms with van der Waals surface area (Å²) in [5.41, 5.74) is 1.64. The van der Waals surface area contributed by atoms with Crippen LogP contribution in [0.5, 0.6) is 0 Å². The molecule has 4 aromatic carbocycles. The molecule has 0 aromatic heterocycles. The SMILES string of the molecule is O=C(CCC1(CCNc2cccc3ccccc23)C=CC=N1)Nc1cccc2ccccc12. The van der Waals surface area contributed by atoms with Gasteiger partial charge in [-0.15, -0.1) is 0 Å². The average Bonchev–Trinajstić information content (AvgIpc) is 3.32. The van der Waals surface area contributed by atoms with Gasteiger partial charge in [-0.3, -0.25) is 9.79 Å². The number of fused-ring (bicyclic) bond motifs is 2. The Kier molecular flexibility index (Phi) is 5.90. The van der Waals surface area contributed by atoms with E-state index in [1.54, 1.807) is 0 Å². The van der Waals surface area contributed by atoms with Crippen LogP contribution < -0.4 is 10.6 Å². The highest BCUT2D eigenvalue weighted by molar-refractivity contribution is 6.02. The van der Waals surface area contributed by atoms with E-state index in [9.17, 15) is 4.79 Å². The predicted octanol–water partition coefficient (Wildman–Crippen LogP) is 6.59. The van der Waals surface area contributed by atoms with Gasteiger partial charge in [-0.25, -0.2) is 0 Å². The topological polar surface area (TPSA) is 53.5 Å². The lowest BCUT2D eigenvalue weighted by molar-refractivity contribution is -0.116. The van der Waals surface area contributed by atoms with Crippen LogP contribution in [0.3, 0.4) is 0 Å². The molecule has 0 aliphatic carbocycles. The fourth-order valence-electron chi connectivity index (χ4n) is 4.55. The molecule has 4 heteroatoms. The highest BCUT2D eigenvalue weighted by atomic mass is 16.1. The van der Waals surface area contributed by atoms with Crippen molar-refractivity contribution in [2.24, 2.45) is 4.99 Å². The van der Waals surface area contributed by atoms with Crippen LogP contribution in [0.2, 0.25) is 0 Å². The summed E-state index contributed by atoms with van der Waals surface area (Å²) in [6, 6.07) is 28.8. The zero-order valence-electron chi connectivity index (χ0n) is 18.5. The molecule has 0 saturated heterocycles. The fourth-order valence-corrected chi connectivity index (χ4v) is 4.55. The molecule has 4 nitrogen and oxygen atoms in total. The van der Waals surface area contributed by atoms with Gasteiger partial charge in [-0.2, -0.15) is 0 Å². The van der Waals surface area contributed by atoms with E-state index in [0.717, 1.165) is 35.1 Å². The number of allylic oxidation sites excluding steroid dienone is 1. The number of carbonyl (C=O) groups excluding carboxylic acids is 1. The molecule has 33 heavy (non-hydrogen) atoms. The summed E-state index contributed by atoms with van der Waals surface area (Å²) in [5.74, 6) is 0.0169. The Hall–Kier alpha value is -3.92. The lowest BCUT2D eigenvalue weighted by Gasteiger charge is -2.25. The van der Waals surface area contributed by atoms with Gasteiger partial charge in [0.1, 0.15) is 0 Å². The zero-order chi connectivity index (χ0) is 22.5. The van der Waals surface area contributed by atoms with Crippen molar-refractivity contribution in [2.45, 2.75) is 24.8 Å². The molecule has 1 aliphatic heterocycles. The van der Waals surface area contributed by atoms with E-state index in [2.05, 4.69) is 71.3 Å². The van der Waals surface area contributed by atoms with Crippen LogP contribution in [0.15, 0.2) is 102 Å². The minimum Gasteiger partial charge on any atom is -0.384 e. The van der Waals surface area contributed by atoms with Crippen molar-refractivity contribution in [3.05, 3.63) is 97.1 Å².